The Balaban J connectivity index is 1.69. The van der Waals surface area contributed by atoms with E-state index in [0.29, 0.717) is 6.04 Å². The molecule has 0 aromatic carbocycles. The number of rotatable bonds is 2. The third-order valence-electron chi connectivity index (χ3n) is 3.12. The van der Waals surface area contributed by atoms with Crippen LogP contribution in [0.2, 0.25) is 0 Å². The maximum atomic E-state index is 5.32. The molecule has 1 aromatic rings. The molecule has 0 atom stereocenters. The van der Waals surface area contributed by atoms with E-state index in [1.165, 1.54) is 5.56 Å². The summed E-state index contributed by atoms with van der Waals surface area (Å²) in [6, 6.07) is 0.459. The fourth-order valence-electron chi connectivity index (χ4n) is 2.15. The molecule has 0 unspecified atom stereocenters. The summed E-state index contributed by atoms with van der Waals surface area (Å²) in [7, 11) is 0. The Labute approximate surface area is 94.6 Å². The van der Waals surface area contributed by atoms with Crippen molar-refractivity contribution in [2.75, 3.05) is 18.5 Å². The van der Waals surface area contributed by atoms with E-state index in [1.54, 1.807) is 0 Å². The zero-order valence-electron chi connectivity index (χ0n) is 9.20. The standard InChI is InChI=1S/C11H16N4O/c1-3-16-4-2-9(1)14-11-13-6-8-5-12-7-10(8)15-11/h6,9,12H,1-5,7H2,(H,13,14,15). The highest BCUT2D eigenvalue weighted by Crippen LogP contribution is 2.16. The minimum atomic E-state index is 0.459. The van der Waals surface area contributed by atoms with E-state index in [4.69, 9.17) is 4.74 Å². The zero-order chi connectivity index (χ0) is 10.8. The van der Waals surface area contributed by atoms with E-state index in [1.807, 2.05) is 6.20 Å². The van der Waals surface area contributed by atoms with Crippen molar-refractivity contribution in [1.82, 2.24) is 15.3 Å². The van der Waals surface area contributed by atoms with Crippen molar-refractivity contribution in [1.29, 1.82) is 0 Å². The number of aromatic nitrogens is 2. The Bertz CT molecular complexity index is 376. The second-order valence-corrected chi connectivity index (χ2v) is 4.30. The van der Waals surface area contributed by atoms with Crippen LogP contribution in [0.25, 0.3) is 0 Å². The van der Waals surface area contributed by atoms with Gasteiger partial charge in [0.2, 0.25) is 5.95 Å². The van der Waals surface area contributed by atoms with Crippen LogP contribution in [-0.2, 0) is 17.8 Å². The lowest BCUT2D eigenvalue weighted by molar-refractivity contribution is 0.0903. The lowest BCUT2D eigenvalue weighted by Gasteiger charge is -2.23. The number of nitrogens with zero attached hydrogens (tertiary/aromatic N) is 2. The summed E-state index contributed by atoms with van der Waals surface area (Å²) in [4.78, 5) is 8.86. The maximum absolute atomic E-state index is 5.32. The number of hydrogen-bond donors (Lipinski definition) is 2. The van der Waals surface area contributed by atoms with Crippen LogP contribution in [0.5, 0.6) is 0 Å². The van der Waals surface area contributed by atoms with Crippen LogP contribution >= 0.6 is 0 Å². The van der Waals surface area contributed by atoms with Crippen LogP contribution in [0, 0.1) is 0 Å². The molecule has 0 radical (unpaired) electrons. The minimum absolute atomic E-state index is 0.459. The summed E-state index contributed by atoms with van der Waals surface area (Å²) in [5.74, 6) is 0.759. The van der Waals surface area contributed by atoms with E-state index < -0.39 is 0 Å². The average Bonchev–Trinajstić information content (AvgIpc) is 2.77. The highest BCUT2D eigenvalue weighted by molar-refractivity contribution is 5.32. The molecular formula is C11H16N4O. The average molecular weight is 220 g/mol. The van der Waals surface area contributed by atoms with E-state index in [-0.39, 0.29) is 0 Å². The van der Waals surface area contributed by atoms with Gasteiger partial charge in [0.05, 0.1) is 5.69 Å². The predicted octanol–water partition coefficient (Wildman–Crippen LogP) is 0.671. The third-order valence-corrected chi connectivity index (χ3v) is 3.12. The Morgan fingerprint density at radius 1 is 1.31 bits per heavy atom. The molecule has 16 heavy (non-hydrogen) atoms. The quantitative estimate of drug-likeness (QED) is 0.767. The lowest BCUT2D eigenvalue weighted by Crippen LogP contribution is -2.28. The molecule has 0 amide bonds. The van der Waals surface area contributed by atoms with Crippen molar-refractivity contribution in [3.8, 4) is 0 Å². The summed E-state index contributed by atoms with van der Waals surface area (Å²) in [6.45, 7) is 3.43. The van der Waals surface area contributed by atoms with Crippen molar-refractivity contribution < 1.29 is 4.74 Å². The molecule has 2 aliphatic heterocycles. The van der Waals surface area contributed by atoms with Gasteiger partial charge in [-0.25, -0.2) is 9.97 Å². The summed E-state index contributed by atoms with van der Waals surface area (Å²) >= 11 is 0. The third kappa shape index (κ3) is 2.01. The van der Waals surface area contributed by atoms with Gasteiger partial charge in [-0.15, -0.1) is 0 Å². The first-order valence-electron chi connectivity index (χ1n) is 5.81. The number of anilines is 1. The molecule has 5 heteroatoms. The fraction of sp³-hybridized carbons (Fsp3) is 0.636. The predicted molar refractivity (Wildman–Crippen MR) is 60.0 cm³/mol. The van der Waals surface area contributed by atoms with Crippen LogP contribution in [0.1, 0.15) is 24.1 Å². The molecule has 2 aliphatic rings. The zero-order valence-corrected chi connectivity index (χ0v) is 9.20. The molecule has 0 saturated carbocycles. The molecule has 3 rings (SSSR count). The van der Waals surface area contributed by atoms with E-state index >= 15 is 0 Å². The van der Waals surface area contributed by atoms with Gasteiger partial charge in [-0.1, -0.05) is 0 Å². The number of ether oxygens (including phenoxy) is 1. The number of nitrogens with one attached hydrogen (secondary N) is 2. The summed E-state index contributed by atoms with van der Waals surface area (Å²) < 4.78 is 5.32. The largest absolute Gasteiger partial charge is 0.381 e. The van der Waals surface area contributed by atoms with Crippen LogP contribution in [0.15, 0.2) is 6.20 Å². The Morgan fingerprint density at radius 3 is 3.06 bits per heavy atom. The van der Waals surface area contributed by atoms with Crippen molar-refractivity contribution in [2.24, 2.45) is 0 Å². The smallest absolute Gasteiger partial charge is 0.223 e. The molecule has 0 aliphatic carbocycles. The van der Waals surface area contributed by atoms with Crippen LogP contribution in [-0.4, -0.2) is 29.2 Å². The first-order chi connectivity index (χ1) is 7.92. The second-order valence-electron chi connectivity index (χ2n) is 4.30. The van der Waals surface area contributed by atoms with Gasteiger partial charge in [0.25, 0.3) is 0 Å². The SMILES string of the molecule is c1nc(NC2CCOCC2)nc2c1CNC2. The van der Waals surface area contributed by atoms with Crippen molar-refractivity contribution >= 4 is 5.95 Å². The van der Waals surface area contributed by atoms with Gasteiger partial charge >= 0.3 is 0 Å². The van der Waals surface area contributed by atoms with E-state index in [0.717, 1.165) is 50.8 Å². The van der Waals surface area contributed by atoms with E-state index in [2.05, 4.69) is 20.6 Å². The first kappa shape index (κ1) is 9.99. The Hall–Kier alpha value is -1.20. The van der Waals surface area contributed by atoms with Gasteiger partial charge in [-0.2, -0.15) is 0 Å². The van der Waals surface area contributed by atoms with Crippen molar-refractivity contribution in [3.05, 3.63) is 17.5 Å². The molecule has 1 aromatic heterocycles. The highest BCUT2D eigenvalue weighted by atomic mass is 16.5. The Morgan fingerprint density at radius 2 is 2.19 bits per heavy atom. The fourth-order valence-corrected chi connectivity index (χ4v) is 2.15. The van der Waals surface area contributed by atoms with Crippen LogP contribution in [0.3, 0.4) is 0 Å². The van der Waals surface area contributed by atoms with Gasteiger partial charge in [0, 0.05) is 44.1 Å². The molecule has 86 valence electrons. The lowest BCUT2D eigenvalue weighted by atomic mass is 10.1. The molecule has 1 fully saturated rings. The highest BCUT2D eigenvalue weighted by Gasteiger charge is 2.17. The van der Waals surface area contributed by atoms with Gasteiger partial charge in [-0.05, 0) is 12.8 Å². The van der Waals surface area contributed by atoms with Gasteiger partial charge in [0.1, 0.15) is 0 Å². The molecule has 2 N–H and O–H groups in total. The Kier molecular flexibility index (Phi) is 2.71. The molecule has 5 nitrogen and oxygen atoms in total. The summed E-state index contributed by atoms with van der Waals surface area (Å²) in [6.07, 6.45) is 4.00. The summed E-state index contributed by atoms with van der Waals surface area (Å²) in [5.41, 5.74) is 2.35. The van der Waals surface area contributed by atoms with Crippen molar-refractivity contribution in [3.63, 3.8) is 0 Å². The molecule has 0 bridgehead atoms. The van der Waals surface area contributed by atoms with Gasteiger partial charge in [0.15, 0.2) is 0 Å². The topological polar surface area (TPSA) is 59.1 Å². The molecule has 3 heterocycles. The molecular weight excluding hydrogens is 204 g/mol. The molecule has 1 saturated heterocycles. The number of hydrogen-bond acceptors (Lipinski definition) is 5. The van der Waals surface area contributed by atoms with Crippen molar-refractivity contribution in [2.45, 2.75) is 32.0 Å². The minimum Gasteiger partial charge on any atom is -0.381 e. The molecule has 0 spiro atoms. The van der Waals surface area contributed by atoms with Gasteiger partial charge < -0.3 is 15.4 Å². The normalized spacial score (nSPS) is 20.8. The second kappa shape index (κ2) is 4.35. The van der Waals surface area contributed by atoms with Crippen LogP contribution < -0.4 is 10.6 Å². The number of fused-ring (bicyclic) bond motifs is 1. The van der Waals surface area contributed by atoms with Gasteiger partial charge in [-0.3, -0.25) is 0 Å². The van der Waals surface area contributed by atoms with Crippen LogP contribution in [0.4, 0.5) is 5.95 Å². The monoisotopic (exact) mass is 220 g/mol. The first-order valence-corrected chi connectivity index (χ1v) is 5.81. The van der Waals surface area contributed by atoms with E-state index in [9.17, 15) is 0 Å². The summed E-state index contributed by atoms with van der Waals surface area (Å²) in [5, 5.41) is 6.65. The maximum Gasteiger partial charge on any atom is 0.223 e.